The van der Waals surface area contributed by atoms with Crippen molar-refractivity contribution in [2.24, 2.45) is 0 Å². The highest BCUT2D eigenvalue weighted by Gasteiger charge is 2.23. The molecule has 0 amide bonds. The first-order valence-electron chi connectivity index (χ1n) is 10.1. The molecule has 6 nitrogen and oxygen atoms in total. The number of hydrogen-bond acceptors (Lipinski definition) is 5. The zero-order chi connectivity index (χ0) is 20.8. The summed E-state index contributed by atoms with van der Waals surface area (Å²) in [5, 5.41) is 25.3. The Bertz CT molecular complexity index is 883. The Labute approximate surface area is 172 Å². The lowest BCUT2D eigenvalue weighted by atomic mass is 9.98. The zero-order valence-corrected chi connectivity index (χ0v) is 17.0. The van der Waals surface area contributed by atoms with Crippen LogP contribution >= 0.6 is 0 Å². The Kier molecular flexibility index (Phi) is 6.73. The van der Waals surface area contributed by atoms with Crippen LogP contribution in [0.5, 0.6) is 0 Å². The van der Waals surface area contributed by atoms with E-state index in [9.17, 15) is 9.90 Å². The monoisotopic (exact) mass is 392 g/mol. The molecule has 152 valence electrons. The number of rotatable bonds is 7. The van der Waals surface area contributed by atoms with E-state index >= 15 is 0 Å². The van der Waals surface area contributed by atoms with Crippen molar-refractivity contribution in [3.63, 3.8) is 0 Å². The average Bonchev–Trinajstić information content (AvgIpc) is 2.77. The summed E-state index contributed by atoms with van der Waals surface area (Å²) < 4.78 is 0. The predicted octanol–water partition coefficient (Wildman–Crippen LogP) is 3.55. The molecule has 0 bridgehead atoms. The first-order chi connectivity index (χ1) is 14.0. The van der Waals surface area contributed by atoms with Crippen molar-refractivity contribution in [2.45, 2.75) is 38.3 Å². The van der Waals surface area contributed by atoms with E-state index in [0.717, 1.165) is 49.2 Å². The topological polar surface area (TPSA) is 88.4 Å². The quantitative estimate of drug-likeness (QED) is 0.668. The number of nitrogens with zero attached hydrogens (tertiary/aromatic N) is 2. The number of nitrogens with one attached hydrogen (secondary N) is 2. The SMILES string of the molecule is CCc1cc(C(Nc2ccc(C#N)cc2)C(=O)O)cc(N(C)C2CCNCC2)c1. The maximum absolute atomic E-state index is 12.1. The van der Waals surface area contributed by atoms with Gasteiger partial charge in [-0.1, -0.05) is 13.0 Å². The minimum atomic E-state index is -0.932. The van der Waals surface area contributed by atoms with Crippen molar-refractivity contribution >= 4 is 17.3 Å². The molecule has 0 aromatic heterocycles. The van der Waals surface area contributed by atoms with Gasteiger partial charge < -0.3 is 20.6 Å². The second kappa shape index (κ2) is 9.44. The highest BCUT2D eigenvalue weighted by atomic mass is 16.4. The molecule has 1 aliphatic rings. The fraction of sp³-hybridized carbons (Fsp3) is 0.391. The molecule has 29 heavy (non-hydrogen) atoms. The summed E-state index contributed by atoms with van der Waals surface area (Å²) in [6.07, 6.45) is 2.99. The third-order valence-electron chi connectivity index (χ3n) is 5.58. The van der Waals surface area contributed by atoms with Gasteiger partial charge in [-0.2, -0.15) is 5.26 Å². The zero-order valence-electron chi connectivity index (χ0n) is 17.0. The summed E-state index contributed by atoms with van der Waals surface area (Å²) >= 11 is 0. The lowest BCUT2D eigenvalue weighted by Crippen LogP contribution is -2.41. The molecule has 3 N–H and O–H groups in total. The van der Waals surface area contributed by atoms with Crippen LogP contribution in [-0.2, 0) is 11.2 Å². The summed E-state index contributed by atoms with van der Waals surface area (Å²) in [5.74, 6) is -0.932. The molecule has 0 aliphatic carbocycles. The Balaban J connectivity index is 1.90. The van der Waals surface area contributed by atoms with Crippen molar-refractivity contribution in [1.29, 1.82) is 5.26 Å². The van der Waals surface area contributed by atoms with Crippen molar-refractivity contribution in [3.05, 3.63) is 59.2 Å². The van der Waals surface area contributed by atoms with E-state index in [0.29, 0.717) is 17.3 Å². The molecule has 0 spiro atoms. The van der Waals surface area contributed by atoms with Crippen LogP contribution in [0.1, 0.15) is 42.5 Å². The normalized spacial score (nSPS) is 15.3. The number of hydrogen-bond donors (Lipinski definition) is 3. The van der Waals surface area contributed by atoms with Crippen LogP contribution in [0.3, 0.4) is 0 Å². The molecule has 1 fully saturated rings. The number of carboxylic acids is 1. The van der Waals surface area contributed by atoms with E-state index in [1.807, 2.05) is 12.1 Å². The van der Waals surface area contributed by atoms with Gasteiger partial charge >= 0.3 is 5.97 Å². The Morgan fingerprint density at radius 3 is 2.55 bits per heavy atom. The molecule has 0 radical (unpaired) electrons. The molecule has 3 rings (SSSR count). The number of carboxylic acid groups (broad SMARTS) is 1. The van der Waals surface area contributed by atoms with Crippen molar-refractivity contribution < 1.29 is 9.90 Å². The molecule has 1 saturated heterocycles. The first-order valence-corrected chi connectivity index (χ1v) is 10.1. The molecule has 1 aliphatic heterocycles. The molecule has 0 saturated carbocycles. The van der Waals surface area contributed by atoms with E-state index in [2.05, 4.69) is 41.6 Å². The van der Waals surface area contributed by atoms with Gasteiger partial charge in [-0.05, 0) is 79.9 Å². The van der Waals surface area contributed by atoms with Gasteiger partial charge in [0.2, 0.25) is 0 Å². The van der Waals surface area contributed by atoms with Crippen LogP contribution < -0.4 is 15.5 Å². The van der Waals surface area contributed by atoms with Gasteiger partial charge in [-0.15, -0.1) is 0 Å². The van der Waals surface area contributed by atoms with Gasteiger partial charge in [0.05, 0.1) is 11.6 Å². The third-order valence-corrected chi connectivity index (χ3v) is 5.58. The Morgan fingerprint density at radius 2 is 1.97 bits per heavy atom. The molecule has 1 unspecified atom stereocenters. The van der Waals surface area contributed by atoms with Crippen LogP contribution in [-0.4, -0.2) is 37.3 Å². The molecule has 1 atom stereocenters. The maximum atomic E-state index is 12.1. The number of benzene rings is 2. The van der Waals surface area contributed by atoms with E-state index in [-0.39, 0.29) is 0 Å². The van der Waals surface area contributed by atoms with E-state index in [1.54, 1.807) is 24.3 Å². The summed E-state index contributed by atoms with van der Waals surface area (Å²) in [5.41, 5.74) is 4.12. The fourth-order valence-corrected chi connectivity index (χ4v) is 3.77. The summed E-state index contributed by atoms with van der Waals surface area (Å²) in [6.45, 7) is 4.10. The van der Waals surface area contributed by atoms with E-state index in [1.165, 1.54) is 0 Å². The minimum absolute atomic E-state index is 0.450. The Hall–Kier alpha value is -3.04. The van der Waals surface area contributed by atoms with E-state index in [4.69, 9.17) is 5.26 Å². The van der Waals surface area contributed by atoms with Crippen LogP contribution in [0.15, 0.2) is 42.5 Å². The lowest BCUT2D eigenvalue weighted by molar-refractivity contribution is -0.138. The summed E-state index contributed by atoms with van der Waals surface area (Å²) in [6, 6.07) is 14.6. The van der Waals surface area contributed by atoms with Gasteiger partial charge in [-0.25, -0.2) is 4.79 Å². The molecule has 2 aromatic rings. The van der Waals surface area contributed by atoms with Gasteiger partial charge in [-0.3, -0.25) is 0 Å². The number of piperidine rings is 1. The number of aryl methyl sites for hydroxylation is 1. The standard InChI is InChI=1S/C23H28N4O2/c1-3-16-12-18(14-21(13-16)27(2)20-8-10-25-11-9-20)22(23(28)29)26-19-6-4-17(15-24)5-7-19/h4-7,12-14,20,22,25-26H,3,8-11H2,1-2H3,(H,28,29). The van der Waals surface area contributed by atoms with Gasteiger partial charge in [0.15, 0.2) is 6.04 Å². The fourth-order valence-electron chi connectivity index (χ4n) is 3.77. The highest BCUT2D eigenvalue weighted by Crippen LogP contribution is 2.28. The number of aliphatic carboxylic acids is 1. The minimum Gasteiger partial charge on any atom is -0.479 e. The predicted molar refractivity (Wildman–Crippen MR) is 115 cm³/mol. The van der Waals surface area contributed by atoms with E-state index < -0.39 is 12.0 Å². The first kappa shape index (κ1) is 20.7. The highest BCUT2D eigenvalue weighted by molar-refractivity contribution is 5.80. The Morgan fingerprint density at radius 1 is 1.28 bits per heavy atom. The van der Waals surface area contributed by atoms with Crippen LogP contribution in [0.25, 0.3) is 0 Å². The molecule has 2 aromatic carbocycles. The van der Waals surface area contributed by atoms with Crippen LogP contribution in [0, 0.1) is 11.3 Å². The number of nitriles is 1. The van der Waals surface area contributed by atoms with Crippen molar-refractivity contribution in [1.82, 2.24) is 5.32 Å². The van der Waals surface area contributed by atoms with Crippen molar-refractivity contribution in [3.8, 4) is 6.07 Å². The maximum Gasteiger partial charge on any atom is 0.330 e. The second-order valence-corrected chi connectivity index (χ2v) is 7.48. The molecule has 6 heteroatoms. The second-order valence-electron chi connectivity index (χ2n) is 7.48. The van der Waals surface area contributed by atoms with Crippen molar-refractivity contribution in [2.75, 3.05) is 30.4 Å². The van der Waals surface area contributed by atoms with Gasteiger partial charge in [0, 0.05) is 24.5 Å². The molecule has 1 heterocycles. The largest absolute Gasteiger partial charge is 0.479 e. The number of carbonyl (C=O) groups is 1. The molecular weight excluding hydrogens is 364 g/mol. The lowest BCUT2D eigenvalue weighted by Gasteiger charge is -2.34. The van der Waals surface area contributed by atoms with Crippen LogP contribution in [0.4, 0.5) is 11.4 Å². The van der Waals surface area contributed by atoms with Gasteiger partial charge in [0.1, 0.15) is 0 Å². The van der Waals surface area contributed by atoms with Crippen LogP contribution in [0.2, 0.25) is 0 Å². The van der Waals surface area contributed by atoms with Gasteiger partial charge in [0.25, 0.3) is 0 Å². The third kappa shape index (κ3) is 5.07. The average molecular weight is 393 g/mol. The summed E-state index contributed by atoms with van der Waals surface area (Å²) in [7, 11) is 2.10. The summed E-state index contributed by atoms with van der Waals surface area (Å²) in [4.78, 5) is 14.4. The molecular formula is C23H28N4O2. The number of anilines is 2. The smallest absolute Gasteiger partial charge is 0.330 e.